The molecular weight excluding hydrogens is 260 g/mol. The molecule has 0 aromatic carbocycles. The summed E-state index contributed by atoms with van der Waals surface area (Å²) in [6.45, 7) is 1.05. The van der Waals surface area contributed by atoms with Crippen LogP contribution >= 0.6 is 11.8 Å². The van der Waals surface area contributed by atoms with E-state index in [9.17, 15) is 9.59 Å². The average molecular weight is 282 g/mol. The van der Waals surface area contributed by atoms with Crippen molar-refractivity contribution in [3.63, 3.8) is 0 Å². The van der Waals surface area contributed by atoms with E-state index in [0.29, 0.717) is 5.92 Å². The van der Waals surface area contributed by atoms with Crippen LogP contribution in [0.25, 0.3) is 0 Å². The van der Waals surface area contributed by atoms with Crippen LogP contribution in [0.3, 0.4) is 0 Å². The smallest absolute Gasteiger partial charge is 0.248 e. The standard InChI is InChI=1S/C14H22N2O2S/c17-12-10-16(9-11-3-7-19-8-4-11)13(18)14(15-12)5-1-2-6-14/h11H,1-10H2,(H,15,17). The lowest BCUT2D eigenvalue weighted by atomic mass is 9.91. The van der Waals surface area contributed by atoms with Gasteiger partial charge in [0.15, 0.2) is 0 Å². The number of piperazine rings is 1. The minimum atomic E-state index is -0.543. The Bertz CT molecular complexity index is 374. The zero-order valence-corrected chi connectivity index (χ0v) is 12.1. The van der Waals surface area contributed by atoms with E-state index in [4.69, 9.17) is 0 Å². The third-order valence-corrected chi connectivity index (χ3v) is 5.74. The Kier molecular flexibility index (Phi) is 3.74. The number of hydrogen-bond acceptors (Lipinski definition) is 3. The highest BCUT2D eigenvalue weighted by molar-refractivity contribution is 7.99. The molecule has 2 heterocycles. The molecule has 5 heteroatoms. The Balaban J connectivity index is 1.69. The number of hydrogen-bond donors (Lipinski definition) is 1. The minimum Gasteiger partial charge on any atom is -0.340 e. The van der Waals surface area contributed by atoms with Gasteiger partial charge in [0, 0.05) is 6.54 Å². The number of thioether (sulfide) groups is 1. The topological polar surface area (TPSA) is 49.4 Å². The molecule has 1 aliphatic carbocycles. The molecule has 0 radical (unpaired) electrons. The molecule has 1 N–H and O–H groups in total. The summed E-state index contributed by atoms with van der Waals surface area (Å²) in [7, 11) is 0. The summed E-state index contributed by atoms with van der Waals surface area (Å²) in [6, 6.07) is 0. The van der Waals surface area contributed by atoms with Crippen molar-refractivity contribution in [2.45, 2.75) is 44.1 Å². The van der Waals surface area contributed by atoms with E-state index >= 15 is 0 Å². The summed E-state index contributed by atoms with van der Waals surface area (Å²) in [4.78, 5) is 26.4. The molecule has 4 nitrogen and oxygen atoms in total. The van der Waals surface area contributed by atoms with Gasteiger partial charge in [0.1, 0.15) is 5.54 Å². The van der Waals surface area contributed by atoms with Crippen LogP contribution in [0, 0.1) is 5.92 Å². The molecule has 106 valence electrons. The van der Waals surface area contributed by atoms with Gasteiger partial charge in [0.25, 0.3) is 0 Å². The van der Waals surface area contributed by atoms with Gasteiger partial charge in [-0.05, 0) is 43.1 Å². The third-order valence-electron chi connectivity index (χ3n) is 4.69. The quantitative estimate of drug-likeness (QED) is 0.833. The lowest BCUT2D eigenvalue weighted by molar-refractivity contribution is -0.150. The molecule has 2 aliphatic heterocycles. The van der Waals surface area contributed by atoms with Gasteiger partial charge >= 0.3 is 0 Å². The van der Waals surface area contributed by atoms with Gasteiger partial charge < -0.3 is 10.2 Å². The number of carbonyl (C=O) groups is 2. The minimum absolute atomic E-state index is 0.0340. The lowest BCUT2D eigenvalue weighted by Crippen LogP contribution is -2.66. The molecule has 0 aromatic heterocycles. The van der Waals surface area contributed by atoms with Crippen LogP contribution < -0.4 is 5.32 Å². The molecule has 3 rings (SSSR count). The van der Waals surface area contributed by atoms with Crippen LogP contribution in [0.2, 0.25) is 0 Å². The van der Waals surface area contributed by atoms with Gasteiger partial charge in [-0.15, -0.1) is 0 Å². The van der Waals surface area contributed by atoms with Crippen LogP contribution in [0.15, 0.2) is 0 Å². The summed E-state index contributed by atoms with van der Waals surface area (Å²) in [5.41, 5.74) is -0.543. The van der Waals surface area contributed by atoms with E-state index < -0.39 is 5.54 Å². The number of carbonyl (C=O) groups excluding carboxylic acids is 2. The predicted octanol–water partition coefficient (Wildman–Crippen LogP) is 1.40. The molecule has 3 fully saturated rings. The van der Waals surface area contributed by atoms with Crippen molar-refractivity contribution in [2.24, 2.45) is 5.92 Å². The molecule has 1 spiro atoms. The normalized spacial score (nSPS) is 27.9. The van der Waals surface area contributed by atoms with Gasteiger partial charge in [-0.1, -0.05) is 12.8 Å². The Morgan fingerprint density at radius 1 is 1.21 bits per heavy atom. The van der Waals surface area contributed by atoms with Crippen LogP contribution in [0.4, 0.5) is 0 Å². The fourth-order valence-corrected chi connectivity index (χ4v) is 4.82. The monoisotopic (exact) mass is 282 g/mol. The molecule has 2 saturated heterocycles. The molecule has 1 saturated carbocycles. The van der Waals surface area contributed by atoms with Crippen molar-refractivity contribution in [3.8, 4) is 0 Å². The molecule has 0 unspecified atom stereocenters. The fraction of sp³-hybridized carbons (Fsp3) is 0.857. The van der Waals surface area contributed by atoms with Crippen LogP contribution in [-0.4, -0.2) is 46.8 Å². The van der Waals surface area contributed by atoms with Crippen molar-refractivity contribution in [3.05, 3.63) is 0 Å². The summed E-state index contributed by atoms with van der Waals surface area (Å²) in [6.07, 6.45) is 6.13. The van der Waals surface area contributed by atoms with Crippen molar-refractivity contribution < 1.29 is 9.59 Å². The van der Waals surface area contributed by atoms with Crippen molar-refractivity contribution in [1.29, 1.82) is 0 Å². The highest BCUT2D eigenvalue weighted by atomic mass is 32.2. The molecular formula is C14H22N2O2S. The highest BCUT2D eigenvalue weighted by Crippen LogP contribution is 2.34. The number of nitrogens with zero attached hydrogens (tertiary/aromatic N) is 1. The number of nitrogens with one attached hydrogen (secondary N) is 1. The largest absolute Gasteiger partial charge is 0.340 e. The van der Waals surface area contributed by atoms with E-state index in [2.05, 4.69) is 5.32 Å². The molecule has 0 atom stereocenters. The second kappa shape index (κ2) is 5.35. The fourth-order valence-electron chi connectivity index (χ4n) is 3.61. The maximum absolute atomic E-state index is 12.7. The van der Waals surface area contributed by atoms with Gasteiger partial charge in [-0.3, -0.25) is 9.59 Å². The van der Waals surface area contributed by atoms with Gasteiger partial charge in [-0.25, -0.2) is 0 Å². The predicted molar refractivity (Wildman–Crippen MR) is 76.0 cm³/mol. The summed E-state index contributed by atoms with van der Waals surface area (Å²) < 4.78 is 0. The van der Waals surface area contributed by atoms with E-state index in [1.165, 1.54) is 24.3 Å². The first-order valence-corrected chi connectivity index (χ1v) is 8.53. The third kappa shape index (κ3) is 2.62. The number of rotatable bonds is 2. The van der Waals surface area contributed by atoms with E-state index in [1.807, 2.05) is 16.7 Å². The maximum atomic E-state index is 12.7. The Morgan fingerprint density at radius 3 is 2.58 bits per heavy atom. The lowest BCUT2D eigenvalue weighted by Gasteiger charge is -2.41. The molecule has 2 amide bonds. The van der Waals surface area contributed by atoms with E-state index in [1.54, 1.807) is 0 Å². The maximum Gasteiger partial charge on any atom is 0.248 e. The zero-order chi connectivity index (χ0) is 13.3. The van der Waals surface area contributed by atoms with Crippen molar-refractivity contribution in [1.82, 2.24) is 10.2 Å². The Morgan fingerprint density at radius 2 is 1.89 bits per heavy atom. The van der Waals surface area contributed by atoms with E-state index in [-0.39, 0.29) is 18.4 Å². The molecule has 0 bridgehead atoms. The van der Waals surface area contributed by atoms with Crippen LogP contribution in [0.5, 0.6) is 0 Å². The summed E-state index contributed by atoms with van der Waals surface area (Å²) in [5.74, 6) is 3.21. The Labute approximate surface area is 118 Å². The van der Waals surface area contributed by atoms with Gasteiger partial charge in [-0.2, -0.15) is 11.8 Å². The zero-order valence-electron chi connectivity index (χ0n) is 11.3. The van der Waals surface area contributed by atoms with Crippen LogP contribution in [0.1, 0.15) is 38.5 Å². The second-order valence-electron chi connectivity index (χ2n) is 6.08. The summed E-state index contributed by atoms with van der Waals surface area (Å²) >= 11 is 2.00. The van der Waals surface area contributed by atoms with Gasteiger partial charge in [0.2, 0.25) is 11.8 Å². The number of amides is 2. The van der Waals surface area contributed by atoms with Gasteiger partial charge in [0.05, 0.1) is 6.54 Å². The summed E-state index contributed by atoms with van der Waals surface area (Å²) in [5, 5.41) is 2.97. The Hall–Kier alpha value is -0.710. The average Bonchev–Trinajstić information content (AvgIpc) is 2.86. The van der Waals surface area contributed by atoms with Crippen molar-refractivity contribution >= 4 is 23.6 Å². The molecule has 3 aliphatic rings. The molecule has 0 aromatic rings. The highest BCUT2D eigenvalue weighted by Gasteiger charge is 2.48. The van der Waals surface area contributed by atoms with Crippen molar-refractivity contribution in [2.75, 3.05) is 24.6 Å². The first-order chi connectivity index (χ1) is 9.20. The SMILES string of the molecule is O=C1CN(CC2CCSCC2)C(=O)C2(CCCC2)N1. The van der Waals surface area contributed by atoms with E-state index in [0.717, 1.165) is 32.2 Å². The second-order valence-corrected chi connectivity index (χ2v) is 7.30. The first kappa shape index (κ1) is 13.3. The molecule has 19 heavy (non-hydrogen) atoms. The van der Waals surface area contributed by atoms with Crippen LogP contribution in [-0.2, 0) is 9.59 Å². The first-order valence-electron chi connectivity index (χ1n) is 7.38.